The van der Waals surface area contributed by atoms with Crippen molar-refractivity contribution in [3.63, 3.8) is 0 Å². The van der Waals surface area contributed by atoms with Gasteiger partial charge in [0.05, 0.1) is 12.5 Å². The summed E-state index contributed by atoms with van der Waals surface area (Å²) in [6.07, 6.45) is 3.53. The number of ether oxygens (including phenoxy) is 1. The third-order valence-electron chi connectivity index (χ3n) is 4.97. The number of hydrogen-bond donors (Lipinski definition) is 1. The summed E-state index contributed by atoms with van der Waals surface area (Å²) in [5, 5.41) is 3.41. The van der Waals surface area contributed by atoms with E-state index < -0.39 is 0 Å². The third-order valence-corrected chi connectivity index (χ3v) is 4.97. The molecule has 1 aromatic heterocycles. The van der Waals surface area contributed by atoms with Gasteiger partial charge in [-0.25, -0.2) is 4.98 Å². The van der Waals surface area contributed by atoms with Gasteiger partial charge in [-0.2, -0.15) is 0 Å². The van der Waals surface area contributed by atoms with Crippen molar-refractivity contribution in [1.82, 2.24) is 15.2 Å². The van der Waals surface area contributed by atoms with Crippen LogP contribution in [-0.2, 0) is 16.1 Å². The number of esters is 1. The van der Waals surface area contributed by atoms with Crippen LogP contribution in [0, 0.1) is 5.92 Å². The molecule has 0 aromatic carbocycles. The largest absolute Gasteiger partial charge is 0.466 e. The standard InChI is InChI=1S/C20H33N5O2/c1-5-24(6-2)18-9-8-16(14-22-18)15-23-20(21-4)25-12-10-17(11-13-25)19(26)27-7-3/h8-9,14,17H,5-7,10-13,15H2,1-4H3,(H,21,23). The molecule has 0 amide bonds. The zero-order valence-corrected chi connectivity index (χ0v) is 17.1. The molecular weight excluding hydrogens is 342 g/mol. The number of carbonyl (C=O) groups excluding carboxylic acids is 1. The van der Waals surface area contributed by atoms with E-state index in [9.17, 15) is 4.79 Å². The van der Waals surface area contributed by atoms with Gasteiger partial charge in [-0.05, 0) is 45.2 Å². The van der Waals surface area contributed by atoms with E-state index in [4.69, 9.17) is 4.74 Å². The molecule has 0 atom stereocenters. The van der Waals surface area contributed by atoms with Crippen molar-refractivity contribution in [2.75, 3.05) is 44.7 Å². The van der Waals surface area contributed by atoms with Crippen molar-refractivity contribution >= 4 is 17.7 Å². The summed E-state index contributed by atoms with van der Waals surface area (Å²) in [6.45, 7) is 10.8. The number of hydrogen-bond acceptors (Lipinski definition) is 5. The lowest BCUT2D eigenvalue weighted by Gasteiger charge is -2.33. The number of aliphatic imine (C=N–C) groups is 1. The number of piperidine rings is 1. The summed E-state index contributed by atoms with van der Waals surface area (Å²) in [6, 6.07) is 4.17. The molecule has 1 N–H and O–H groups in total. The molecule has 2 heterocycles. The highest BCUT2D eigenvalue weighted by Gasteiger charge is 2.27. The number of aromatic nitrogens is 1. The number of nitrogens with zero attached hydrogens (tertiary/aromatic N) is 4. The fraction of sp³-hybridized carbons (Fsp3) is 0.650. The number of carbonyl (C=O) groups is 1. The Balaban J connectivity index is 1.85. The molecule has 7 heteroatoms. The second kappa shape index (κ2) is 10.7. The minimum absolute atomic E-state index is 0.0103. The van der Waals surface area contributed by atoms with E-state index in [2.05, 4.69) is 51.1 Å². The second-order valence-electron chi connectivity index (χ2n) is 6.61. The SMILES string of the molecule is CCOC(=O)C1CCN(C(=NC)NCc2ccc(N(CC)CC)nc2)CC1. The highest BCUT2D eigenvalue weighted by molar-refractivity contribution is 5.80. The number of rotatable bonds is 7. The van der Waals surface area contributed by atoms with Gasteiger partial charge in [0.1, 0.15) is 5.82 Å². The summed E-state index contributed by atoms with van der Waals surface area (Å²) in [7, 11) is 1.79. The zero-order chi connectivity index (χ0) is 19.6. The summed E-state index contributed by atoms with van der Waals surface area (Å²) < 4.78 is 5.14. The van der Waals surface area contributed by atoms with Gasteiger partial charge in [-0.3, -0.25) is 9.79 Å². The molecule has 1 saturated heterocycles. The van der Waals surface area contributed by atoms with Crippen LogP contribution in [0.5, 0.6) is 0 Å². The highest BCUT2D eigenvalue weighted by atomic mass is 16.5. The third kappa shape index (κ3) is 5.84. The van der Waals surface area contributed by atoms with Gasteiger partial charge in [0, 0.05) is 46.0 Å². The van der Waals surface area contributed by atoms with E-state index in [-0.39, 0.29) is 11.9 Å². The summed E-state index contributed by atoms with van der Waals surface area (Å²) in [5.41, 5.74) is 1.12. The zero-order valence-electron chi connectivity index (χ0n) is 17.1. The smallest absolute Gasteiger partial charge is 0.309 e. The average Bonchev–Trinajstić information content (AvgIpc) is 2.71. The molecule has 0 bridgehead atoms. The molecule has 1 fully saturated rings. The van der Waals surface area contributed by atoms with Gasteiger partial charge in [0.2, 0.25) is 0 Å². The first kappa shape index (κ1) is 21.0. The summed E-state index contributed by atoms with van der Waals surface area (Å²) >= 11 is 0. The van der Waals surface area contributed by atoms with Crippen LogP contribution >= 0.6 is 0 Å². The van der Waals surface area contributed by atoms with Gasteiger partial charge in [-0.1, -0.05) is 6.07 Å². The van der Waals surface area contributed by atoms with Crippen LogP contribution in [0.15, 0.2) is 23.3 Å². The Morgan fingerprint density at radius 1 is 1.30 bits per heavy atom. The molecule has 0 saturated carbocycles. The van der Waals surface area contributed by atoms with E-state index in [1.54, 1.807) is 7.05 Å². The molecule has 7 nitrogen and oxygen atoms in total. The summed E-state index contributed by atoms with van der Waals surface area (Å²) in [4.78, 5) is 25.3. The Kier molecular flexibility index (Phi) is 8.36. The Hall–Kier alpha value is -2.31. The Bertz CT molecular complexity index is 605. The summed E-state index contributed by atoms with van der Waals surface area (Å²) in [5.74, 6) is 1.81. The van der Waals surface area contributed by atoms with Crippen molar-refractivity contribution in [3.05, 3.63) is 23.9 Å². The lowest BCUT2D eigenvalue weighted by Crippen LogP contribution is -2.46. The predicted octanol–water partition coefficient (Wildman–Crippen LogP) is 2.28. The molecule has 2 rings (SSSR count). The Morgan fingerprint density at radius 2 is 2.00 bits per heavy atom. The molecule has 0 unspecified atom stereocenters. The van der Waals surface area contributed by atoms with Crippen molar-refractivity contribution in [2.45, 2.75) is 40.2 Å². The van der Waals surface area contributed by atoms with Crippen LogP contribution in [0.3, 0.4) is 0 Å². The van der Waals surface area contributed by atoms with Crippen molar-refractivity contribution in [3.8, 4) is 0 Å². The van der Waals surface area contributed by atoms with E-state index in [1.165, 1.54) is 0 Å². The topological polar surface area (TPSA) is 70.1 Å². The number of guanidine groups is 1. The monoisotopic (exact) mass is 375 g/mol. The van der Waals surface area contributed by atoms with Gasteiger partial charge in [0.15, 0.2) is 5.96 Å². The number of anilines is 1. The lowest BCUT2D eigenvalue weighted by atomic mass is 9.97. The number of likely N-dealkylation sites (tertiary alicyclic amines) is 1. The maximum Gasteiger partial charge on any atom is 0.309 e. The molecule has 1 aliphatic heterocycles. The van der Waals surface area contributed by atoms with E-state index in [0.717, 1.165) is 56.4 Å². The first-order valence-corrected chi connectivity index (χ1v) is 9.94. The molecule has 0 spiro atoms. The number of nitrogens with one attached hydrogen (secondary N) is 1. The average molecular weight is 376 g/mol. The van der Waals surface area contributed by atoms with Crippen molar-refractivity contribution in [2.24, 2.45) is 10.9 Å². The van der Waals surface area contributed by atoms with E-state index >= 15 is 0 Å². The molecule has 1 aromatic rings. The molecule has 0 radical (unpaired) electrons. The quantitative estimate of drug-likeness (QED) is 0.448. The minimum Gasteiger partial charge on any atom is -0.466 e. The molecular formula is C20H33N5O2. The van der Waals surface area contributed by atoms with Gasteiger partial charge in [-0.15, -0.1) is 0 Å². The lowest BCUT2D eigenvalue weighted by molar-refractivity contribution is -0.149. The van der Waals surface area contributed by atoms with Crippen molar-refractivity contribution < 1.29 is 9.53 Å². The van der Waals surface area contributed by atoms with Gasteiger partial charge < -0.3 is 19.9 Å². The van der Waals surface area contributed by atoms with E-state index in [1.807, 2.05) is 13.1 Å². The normalized spacial score (nSPS) is 15.6. The molecule has 27 heavy (non-hydrogen) atoms. The minimum atomic E-state index is -0.0699. The highest BCUT2D eigenvalue weighted by Crippen LogP contribution is 2.19. The van der Waals surface area contributed by atoms with Crippen LogP contribution in [-0.4, -0.2) is 61.6 Å². The second-order valence-corrected chi connectivity index (χ2v) is 6.61. The Morgan fingerprint density at radius 3 is 2.52 bits per heavy atom. The first-order chi connectivity index (χ1) is 13.1. The number of pyridine rings is 1. The van der Waals surface area contributed by atoms with Crippen LogP contribution in [0.2, 0.25) is 0 Å². The van der Waals surface area contributed by atoms with E-state index in [0.29, 0.717) is 13.2 Å². The maximum absolute atomic E-state index is 11.9. The molecule has 0 aliphatic carbocycles. The van der Waals surface area contributed by atoms with Crippen LogP contribution < -0.4 is 10.2 Å². The van der Waals surface area contributed by atoms with Crippen LogP contribution in [0.1, 0.15) is 39.2 Å². The van der Waals surface area contributed by atoms with Crippen LogP contribution in [0.4, 0.5) is 5.82 Å². The van der Waals surface area contributed by atoms with Crippen LogP contribution in [0.25, 0.3) is 0 Å². The predicted molar refractivity (Wildman–Crippen MR) is 109 cm³/mol. The molecule has 1 aliphatic rings. The first-order valence-electron chi connectivity index (χ1n) is 9.94. The fourth-order valence-electron chi connectivity index (χ4n) is 3.36. The fourth-order valence-corrected chi connectivity index (χ4v) is 3.36. The van der Waals surface area contributed by atoms with Gasteiger partial charge >= 0.3 is 5.97 Å². The van der Waals surface area contributed by atoms with Gasteiger partial charge in [0.25, 0.3) is 0 Å². The van der Waals surface area contributed by atoms with Crippen molar-refractivity contribution in [1.29, 1.82) is 0 Å². The Labute approximate surface area is 162 Å². The maximum atomic E-state index is 11.9. The molecule has 150 valence electrons.